The van der Waals surface area contributed by atoms with Gasteiger partial charge in [-0.1, -0.05) is 24.1 Å². The van der Waals surface area contributed by atoms with Crippen LogP contribution in [0.3, 0.4) is 0 Å². The van der Waals surface area contributed by atoms with Crippen LogP contribution in [0.25, 0.3) is 0 Å². The molecule has 28 heavy (non-hydrogen) atoms. The first-order valence-electron chi connectivity index (χ1n) is 9.04. The van der Waals surface area contributed by atoms with Gasteiger partial charge in [-0.25, -0.2) is 0 Å². The Balaban J connectivity index is 1.67. The van der Waals surface area contributed by atoms with Crippen LogP contribution in [0.5, 0.6) is 0 Å². The number of carbonyl (C=O) groups excluding carboxylic acids is 3. The summed E-state index contributed by atoms with van der Waals surface area (Å²) < 4.78 is 0. The first-order valence-corrected chi connectivity index (χ1v) is 9.92. The molecule has 0 spiro atoms. The minimum atomic E-state index is -0.341. The molecule has 1 aromatic carbocycles. The maximum Gasteiger partial charge on any atom is 0.263 e. The van der Waals surface area contributed by atoms with Gasteiger partial charge in [-0.15, -0.1) is 17.8 Å². The van der Waals surface area contributed by atoms with Gasteiger partial charge in [0.25, 0.3) is 11.8 Å². The number of terminal acetylenes is 1. The Morgan fingerprint density at radius 2 is 2.04 bits per heavy atom. The number of anilines is 1. The molecule has 0 bridgehead atoms. The minimum Gasteiger partial charge on any atom is -0.341 e. The van der Waals surface area contributed by atoms with E-state index in [-0.39, 0.29) is 30.2 Å². The number of amides is 3. The molecule has 0 radical (unpaired) electrons. The predicted molar refractivity (Wildman–Crippen MR) is 109 cm³/mol. The second-order valence-electron chi connectivity index (χ2n) is 6.49. The van der Waals surface area contributed by atoms with Gasteiger partial charge >= 0.3 is 0 Å². The first-order chi connectivity index (χ1) is 13.6. The number of nitrogens with one attached hydrogen (secondary N) is 2. The number of piperidine rings is 1. The number of nitrogens with zero attached hydrogens (tertiary/aromatic N) is 1. The van der Waals surface area contributed by atoms with E-state index in [1.54, 1.807) is 35.2 Å². The van der Waals surface area contributed by atoms with Crippen molar-refractivity contribution in [1.29, 1.82) is 0 Å². The summed E-state index contributed by atoms with van der Waals surface area (Å²) in [6, 6.07) is 10.4. The summed E-state index contributed by atoms with van der Waals surface area (Å²) in [4.78, 5) is 40.0. The largest absolute Gasteiger partial charge is 0.341 e. The number of para-hydroxylation sites is 1. The van der Waals surface area contributed by atoms with Gasteiger partial charge in [0.1, 0.15) is 0 Å². The lowest BCUT2D eigenvalue weighted by Gasteiger charge is -2.32. The monoisotopic (exact) mass is 395 g/mol. The lowest BCUT2D eigenvalue weighted by Crippen LogP contribution is -2.43. The average molecular weight is 395 g/mol. The maximum absolute atomic E-state index is 12.8. The van der Waals surface area contributed by atoms with E-state index in [2.05, 4.69) is 16.6 Å². The van der Waals surface area contributed by atoms with Crippen molar-refractivity contribution in [2.45, 2.75) is 12.8 Å². The Bertz CT molecular complexity index is 902. The summed E-state index contributed by atoms with van der Waals surface area (Å²) in [5.74, 6) is 1.46. The van der Waals surface area contributed by atoms with Crippen LogP contribution in [0.4, 0.5) is 5.69 Å². The fourth-order valence-electron chi connectivity index (χ4n) is 3.18. The highest BCUT2D eigenvalue weighted by Gasteiger charge is 2.29. The minimum absolute atomic E-state index is 0.0402. The molecule has 1 fully saturated rings. The summed E-state index contributed by atoms with van der Waals surface area (Å²) in [7, 11) is 0. The summed E-state index contributed by atoms with van der Waals surface area (Å²) in [5, 5.41) is 7.31. The van der Waals surface area contributed by atoms with E-state index in [9.17, 15) is 14.4 Å². The molecule has 3 amide bonds. The molecular formula is C21H21N3O3S. The molecule has 1 aliphatic rings. The Kier molecular flexibility index (Phi) is 6.45. The number of hydrogen-bond acceptors (Lipinski definition) is 4. The molecule has 1 atom stereocenters. The highest BCUT2D eigenvalue weighted by Crippen LogP contribution is 2.23. The molecule has 1 aromatic heterocycles. The second kappa shape index (κ2) is 9.20. The third-order valence-electron chi connectivity index (χ3n) is 4.59. The number of benzene rings is 1. The highest BCUT2D eigenvalue weighted by atomic mass is 32.1. The maximum atomic E-state index is 12.8. The van der Waals surface area contributed by atoms with E-state index in [1.165, 1.54) is 11.3 Å². The van der Waals surface area contributed by atoms with Gasteiger partial charge in [-0.05, 0) is 36.4 Å². The summed E-state index contributed by atoms with van der Waals surface area (Å²) >= 11 is 1.40. The molecule has 6 nitrogen and oxygen atoms in total. The standard InChI is InChI=1S/C21H21N3O3S/c1-2-11-22-20(26)16-8-3-4-9-17(16)23-19(25)15-7-5-12-24(14-15)21(27)18-10-6-13-28-18/h1,3-4,6,8-10,13,15H,5,7,11-12,14H2,(H,22,26)(H,23,25). The van der Waals surface area contributed by atoms with Crippen molar-refractivity contribution >= 4 is 34.7 Å². The molecule has 2 N–H and O–H groups in total. The number of hydrogen-bond donors (Lipinski definition) is 2. The van der Waals surface area contributed by atoms with Crippen LogP contribution in [-0.4, -0.2) is 42.3 Å². The van der Waals surface area contributed by atoms with Crippen molar-refractivity contribution in [2.24, 2.45) is 5.92 Å². The molecule has 0 saturated carbocycles. The number of rotatable bonds is 5. The molecule has 2 heterocycles. The van der Waals surface area contributed by atoms with Gasteiger partial charge in [0, 0.05) is 13.1 Å². The van der Waals surface area contributed by atoms with E-state index in [0.717, 1.165) is 6.42 Å². The van der Waals surface area contributed by atoms with Gasteiger partial charge in [-0.2, -0.15) is 0 Å². The number of likely N-dealkylation sites (tertiary alicyclic amines) is 1. The normalized spacial score (nSPS) is 16.1. The van der Waals surface area contributed by atoms with Crippen molar-refractivity contribution in [3.63, 3.8) is 0 Å². The van der Waals surface area contributed by atoms with Crippen LogP contribution in [0.2, 0.25) is 0 Å². The zero-order valence-electron chi connectivity index (χ0n) is 15.3. The Morgan fingerprint density at radius 3 is 2.79 bits per heavy atom. The summed E-state index contributed by atoms with van der Waals surface area (Å²) in [6.45, 7) is 1.13. The van der Waals surface area contributed by atoms with E-state index in [0.29, 0.717) is 35.6 Å². The van der Waals surface area contributed by atoms with Crippen LogP contribution >= 0.6 is 11.3 Å². The first kappa shape index (κ1) is 19.6. The van der Waals surface area contributed by atoms with Gasteiger partial charge in [0.15, 0.2) is 0 Å². The Labute approximate surface area is 167 Å². The third kappa shape index (κ3) is 4.59. The summed E-state index contributed by atoms with van der Waals surface area (Å²) in [6.07, 6.45) is 6.64. The van der Waals surface area contributed by atoms with Crippen molar-refractivity contribution in [2.75, 3.05) is 25.0 Å². The van der Waals surface area contributed by atoms with Gasteiger partial charge in [-0.3, -0.25) is 14.4 Å². The average Bonchev–Trinajstić information content (AvgIpc) is 3.27. The number of thiophene rings is 1. The van der Waals surface area contributed by atoms with Crippen LogP contribution < -0.4 is 10.6 Å². The van der Waals surface area contributed by atoms with Gasteiger partial charge in [0.05, 0.1) is 28.6 Å². The fourth-order valence-corrected chi connectivity index (χ4v) is 3.87. The predicted octanol–water partition coefficient (Wildman–Crippen LogP) is 2.60. The molecule has 1 aliphatic heterocycles. The van der Waals surface area contributed by atoms with E-state index in [1.807, 2.05) is 11.4 Å². The smallest absolute Gasteiger partial charge is 0.263 e. The Hall–Kier alpha value is -3.11. The van der Waals surface area contributed by atoms with Crippen LogP contribution in [0.15, 0.2) is 41.8 Å². The van der Waals surface area contributed by atoms with E-state index >= 15 is 0 Å². The quantitative estimate of drug-likeness (QED) is 0.764. The zero-order valence-corrected chi connectivity index (χ0v) is 16.1. The van der Waals surface area contributed by atoms with E-state index < -0.39 is 0 Å². The molecule has 0 aliphatic carbocycles. The lowest BCUT2D eigenvalue weighted by molar-refractivity contribution is -0.121. The highest BCUT2D eigenvalue weighted by molar-refractivity contribution is 7.12. The van der Waals surface area contributed by atoms with Crippen molar-refractivity contribution in [1.82, 2.24) is 10.2 Å². The summed E-state index contributed by atoms with van der Waals surface area (Å²) in [5.41, 5.74) is 0.789. The fraction of sp³-hybridized carbons (Fsp3) is 0.286. The molecule has 144 valence electrons. The molecule has 1 saturated heterocycles. The molecule has 3 rings (SSSR count). The topological polar surface area (TPSA) is 78.5 Å². The van der Waals surface area contributed by atoms with Crippen LogP contribution in [0, 0.1) is 18.3 Å². The Morgan fingerprint density at radius 1 is 1.21 bits per heavy atom. The second-order valence-corrected chi connectivity index (χ2v) is 7.44. The van der Waals surface area contributed by atoms with Crippen molar-refractivity contribution in [3.8, 4) is 12.3 Å². The number of carbonyl (C=O) groups is 3. The lowest BCUT2D eigenvalue weighted by atomic mass is 9.96. The van der Waals surface area contributed by atoms with Crippen molar-refractivity contribution in [3.05, 3.63) is 52.2 Å². The molecule has 2 aromatic rings. The van der Waals surface area contributed by atoms with Gasteiger partial charge < -0.3 is 15.5 Å². The van der Waals surface area contributed by atoms with Crippen molar-refractivity contribution < 1.29 is 14.4 Å². The van der Waals surface area contributed by atoms with Crippen LogP contribution in [-0.2, 0) is 4.79 Å². The van der Waals surface area contributed by atoms with Gasteiger partial charge in [0.2, 0.25) is 5.91 Å². The molecule has 7 heteroatoms. The van der Waals surface area contributed by atoms with E-state index in [4.69, 9.17) is 6.42 Å². The van der Waals surface area contributed by atoms with Crippen LogP contribution in [0.1, 0.15) is 32.9 Å². The zero-order chi connectivity index (χ0) is 19.9. The molecule has 1 unspecified atom stereocenters. The third-order valence-corrected chi connectivity index (χ3v) is 5.45. The SMILES string of the molecule is C#CCNC(=O)c1ccccc1NC(=O)C1CCCN(C(=O)c2cccs2)C1. The molecular weight excluding hydrogens is 374 g/mol.